The Labute approximate surface area is 189 Å². The predicted octanol–water partition coefficient (Wildman–Crippen LogP) is 1.04. The molecule has 2 aliphatic rings. The number of ether oxygens (including phenoxy) is 1. The first-order chi connectivity index (χ1) is 15.7. The molecule has 13 heteroatoms. The number of carboxylic acids is 1. The number of aromatic nitrogens is 2. The largest absolute Gasteiger partial charge is 0.480 e. The van der Waals surface area contributed by atoms with Crippen molar-refractivity contribution < 1.29 is 33.7 Å². The fourth-order valence-electron chi connectivity index (χ4n) is 3.87. The molecule has 0 amide bonds. The lowest BCUT2D eigenvalue weighted by Crippen LogP contribution is -2.39. The number of hydrogen-bond donors (Lipinski definition) is 3. The normalized spacial score (nSPS) is 25.1. The number of hydrogen-bond acceptors (Lipinski definition) is 9. The van der Waals surface area contributed by atoms with Crippen molar-refractivity contribution in [3.63, 3.8) is 0 Å². The highest BCUT2D eigenvalue weighted by Gasteiger charge is 2.64. The summed E-state index contributed by atoms with van der Waals surface area (Å²) < 4.78 is 25.4. The highest BCUT2D eigenvalue weighted by atomic mass is 31.1. The van der Waals surface area contributed by atoms with Gasteiger partial charge in [-0.05, 0) is 38.0 Å². The fraction of sp³-hybridized carbons (Fsp3) is 0.450. The molecule has 1 spiro atoms. The van der Waals surface area contributed by atoms with Crippen molar-refractivity contribution in [3.8, 4) is 5.75 Å². The van der Waals surface area contributed by atoms with Gasteiger partial charge in [-0.15, -0.1) is 0 Å². The quantitative estimate of drug-likeness (QED) is 0.347. The van der Waals surface area contributed by atoms with Crippen molar-refractivity contribution in [1.29, 1.82) is 0 Å². The summed E-state index contributed by atoms with van der Waals surface area (Å²) in [4.78, 5) is 33.9. The average molecular weight is 480 g/mol. The second-order valence-corrected chi connectivity index (χ2v) is 9.24. The minimum atomic E-state index is -3.16. The van der Waals surface area contributed by atoms with E-state index in [1.807, 2.05) is 0 Å². The minimum absolute atomic E-state index is 0.0707. The van der Waals surface area contributed by atoms with Gasteiger partial charge in [0.15, 0.2) is 0 Å². The van der Waals surface area contributed by atoms with Crippen LogP contribution in [0.1, 0.15) is 26.0 Å². The number of rotatable bonds is 9. The fourth-order valence-corrected chi connectivity index (χ4v) is 4.90. The third kappa shape index (κ3) is 4.66. The van der Waals surface area contributed by atoms with Crippen molar-refractivity contribution >= 4 is 20.0 Å². The van der Waals surface area contributed by atoms with Gasteiger partial charge in [0.05, 0.1) is 12.7 Å². The van der Waals surface area contributed by atoms with Gasteiger partial charge in [-0.25, -0.2) is 4.79 Å². The Morgan fingerprint density at radius 2 is 2.09 bits per heavy atom. The molecule has 1 aliphatic heterocycles. The van der Waals surface area contributed by atoms with Gasteiger partial charge < -0.3 is 25.2 Å². The van der Waals surface area contributed by atoms with Crippen LogP contribution in [-0.4, -0.2) is 55.4 Å². The first kappa shape index (κ1) is 23.4. The monoisotopic (exact) mass is 480 g/mol. The van der Waals surface area contributed by atoms with Crippen LogP contribution in [-0.2, 0) is 18.9 Å². The summed E-state index contributed by atoms with van der Waals surface area (Å²) in [5.74, 6) is -0.910. The van der Waals surface area contributed by atoms with E-state index in [0.29, 0.717) is 12.8 Å². The van der Waals surface area contributed by atoms with E-state index >= 15 is 0 Å². The molecule has 2 fully saturated rings. The van der Waals surface area contributed by atoms with Crippen LogP contribution in [0.15, 0.2) is 47.4 Å². The van der Waals surface area contributed by atoms with E-state index in [0.717, 1.165) is 4.83 Å². The number of nitrogen functional groups attached to an aromatic ring is 1. The summed E-state index contributed by atoms with van der Waals surface area (Å²) in [6.45, 7) is 0.999. The lowest BCUT2D eigenvalue weighted by Gasteiger charge is -2.26. The number of anilines is 1. The van der Waals surface area contributed by atoms with Crippen LogP contribution >= 0.6 is 8.18 Å². The van der Waals surface area contributed by atoms with Crippen LogP contribution in [0.5, 0.6) is 5.75 Å². The molecule has 12 nitrogen and oxygen atoms in total. The number of hydroxylamine groups is 1. The summed E-state index contributed by atoms with van der Waals surface area (Å²) in [7, 11) is -3.16. The molecule has 0 bridgehead atoms. The van der Waals surface area contributed by atoms with E-state index in [1.165, 1.54) is 23.8 Å². The first-order valence-corrected chi connectivity index (χ1v) is 11.6. The van der Waals surface area contributed by atoms with Crippen molar-refractivity contribution in [2.75, 3.05) is 12.3 Å². The zero-order valence-corrected chi connectivity index (χ0v) is 18.7. The number of nitrogens with two attached hydrogens (primary N) is 1. The average Bonchev–Trinajstić information content (AvgIpc) is 3.53. The summed E-state index contributed by atoms with van der Waals surface area (Å²) >= 11 is 0. The highest BCUT2D eigenvalue weighted by molar-refractivity contribution is 7.36. The van der Waals surface area contributed by atoms with E-state index in [-0.39, 0.29) is 18.2 Å². The van der Waals surface area contributed by atoms with E-state index in [1.54, 1.807) is 30.3 Å². The molecule has 0 radical (unpaired) electrons. The van der Waals surface area contributed by atoms with Crippen molar-refractivity contribution in [2.24, 2.45) is 5.41 Å². The highest BCUT2D eigenvalue weighted by Crippen LogP contribution is 2.62. The minimum Gasteiger partial charge on any atom is -0.480 e. The molecular formula is C20H25N4O8P. The van der Waals surface area contributed by atoms with Gasteiger partial charge in [-0.1, -0.05) is 23.0 Å². The summed E-state index contributed by atoms with van der Waals surface area (Å²) in [6.07, 6.45) is 0.00815. The van der Waals surface area contributed by atoms with E-state index < -0.39 is 49.7 Å². The van der Waals surface area contributed by atoms with Gasteiger partial charge in [-0.2, -0.15) is 4.98 Å². The Bertz CT molecular complexity index is 1090. The van der Waals surface area contributed by atoms with Gasteiger partial charge in [0.25, 0.3) is 0 Å². The van der Waals surface area contributed by atoms with Crippen LogP contribution in [0.3, 0.4) is 0 Å². The molecule has 178 valence electrons. The number of nitrogens with zero attached hydrogens (tertiary/aromatic N) is 3. The van der Waals surface area contributed by atoms with Crippen molar-refractivity contribution in [2.45, 2.75) is 44.2 Å². The van der Waals surface area contributed by atoms with Gasteiger partial charge in [-0.3, -0.25) is 18.8 Å². The predicted molar refractivity (Wildman–Crippen MR) is 115 cm³/mol. The number of carboxylic acid groups (broad SMARTS) is 1. The Hall–Kier alpha value is -2.76. The van der Waals surface area contributed by atoms with Crippen LogP contribution in [0, 0.1) is 5.41 Å². The van der Waals surface area contributed by atoms with Crippen LogP contribution < -0.4 is 15.9 Å². The zero-order valence-electron chi connectivity index (χ0n) is 17.7. The van der Waals surface area contributed by atoms with Crippen LogP contribution in [0.25, 0.3) is 0 Å². The smallest absolute Gasteiger partial charge is 0.351 e. The lowest BCUT2D eigenvalue weighted by molar-refractivity contribution is -0.177. The number of carbonyl (C=O) groups is 1. The van der Waals surface area contributed by atoms with Gasteiger partial charge in [0.1, 0.15) is 29.9 Å². The van der Waals surface area contributed by atoms with Gasteiger partial charge >= 0.3 is 19.8 Å². The molecule has 4 rings (SSSR count). The first-order valence-electron chi connectivity index (χ1n) is 10.3. The molecule has 1 aromatic heterocycles. The molecule has 4 N–H and O–H groups in total. The molecule has 1 aliphatic carbocycles. The van der Waals surface area contributed by atoms with Crippen LogP contribution in [0.4, 0.5) is 5.82 Å². The zero-order chi connectivity index (χ0) is 23.8. The van der Waals surface area contributed by atoms with Crippen molar-refractivity contribution in [1.82, 2.24) is 14.4 Å². The summed E-state index contributed by atoms with van der Waals surface area (Å²) in [5.41, 5.74) is 4.26. The molecule has 33 heavy (non-hydrogen) atoms. The van der Waals surface area contributed by atoms with E-state index in [2.05, 4.69) is 4.98 Å². The second-order valence-electron chi connectivity index (χ2n) is 8.06. The number of aliphatic carboxylic acids is 1. The second kappa shape index (κ2) is 9.24. The number of benzene rings is 1. The topological polar surface area (TPSA) is 166 Å². The Morgan fingerprint density at radius 1 is 1.39 bits per heavy atom. The van der Waals surface area contributed by atoms with E-state index in [4.69, 9.17) is 19.8 Å². The Kier molecular flexibility index (Phi) is 6.55. The maximum absolute atomic E-state index is 12.8. The van der Waals surface area contributed by atoms with Gasteiger partial charge in [0.2, 0.25) is 0 Å². The summed E-state index contributed by atoms with van der Waals surface area (Å²) in [5, 5.41) is 20.3. The number of aliphatic hydroxyl groups excluding tert-OH is 1. The van der Waals surface area contributed by atoms with Crippen LogP contribution in [0.2, 0.25) is 0 Å². The molecule has 2 heterocycles. The third-order valence-electron chi connectivity index (χ3n) is 5.88. The Balaban J connectivity index is 1.49. The molecule has 1 aromatic carbocycles. The standard InChI is InChI=1S/C20H25N4O8P/c1-12(17(26)27)24(33(29)32-13-5-3-2-4-6-13)30-11-14-16(25)20(8-9-20)18(31-14)23-10-7-15(21)22-19(23)28/h2-7,10,12,14,16,18,25,33H,8-9,11H2,1H3,(H,26,27)(H2,21,22,28)/t12?,14-,16-,18-/m1/s1. The molecule has 2 unspecified atom stereocenters. The number of para-hydroxylation sites is 1. The lowest BCUT2D eigenvalue weighted by atomic mass is 9.96. The third-order valence-corrected chi connectivity index (χ3v) is 7.17. The number of aliphatic hydroxyl groups is 1. The summed E-state index contributed by atoms with van der Waals surface area (Å²) in [6, 6.07) is 8.44. The molecule has 5 atom stereocenters. The molecule has 2 aromatic rings. The van der Waals surface area contributed by atoms with Gasteiger partial charge in [0, 0.05) is 11.6 Å². The maximum atomic E-state index is 12.8. The SMILES string of the molecule is CC(C(=O)O)N(OC[C@H]1O[C@@H](n2ccc(N)nc2=O)C2(CC2)[C@@H]1O)[PH](=O)Oc1ccccc1. The Morgan fingerprint density at radius 3 is 2.70 bits per heavy atom. The van der Waals surface area contributed by atoms with E-state index in [9.17, 15) is 24.4 Å². The molecule has 1 saturated carbocycles. The molecule has 1 saturated heterocycles. The van der Waals surface area contributed by atoms with Crippen molar-refractivity contribution in [3.05, 3.63) is 53.1 Å². The maximum Gasteiger partial charge on any atom is 0.351 e. The molecular weight excluding hydrogens is 455 g/mol.